The van der Waals surface area contributed by atoms with E-state index in [1.807, 2.05) is 33.0 Å². The lowest BCUT2D eigenvalue weighted by Crippen LogP contribution is -1.95. The minimum Gasteiger partial charge on any atom is -0.387 e. The van der Waals surface area contributed by atoms with Gasteiger partial charge in [0.15, 0.2) is 0 Å². The molecule has 2 aromatic heterocycles. The molecule has 2 heterocycles. The average molecular weight is 201 g/mol. The Morgan fingerprint density at radius 2 is 1.93 bits per heavy atom. The molecule has 0 aromatic carbocycles. The number of pyridine rings is 1. The number of anilines is 1. The summed E-state index contributed by atoms with van der Waals surface area (Å²) in [5, 5.41) is 3.11. The molecule has 0 radical (unpaired) electrons. The number of aromatic nitrogens is 2. The average Bonchev–Trinajstić information content (AvgIpc) is 2.65. The Kier molecular flexibility index (Phi) is 2.46. The van der Waals surface area contributed by atoms with Crippen LogP contribution in [0.2, 0.25) is 0 Å². The maximum Gasteiger partial charge on any atom is 0.0869 e. The summed E-state index contributed by atoms with van der Waals surface area (Å²) in [6.45, 7) is 4.05. The van der Waals surface area contributed by atoms with Crippen LogP contribution in [0.5, 0.6) is 0 Å². The van der Waals surface area contributed by atoms with E-state index in [0.717, 1.165) is 28.5 Å². The van der Waals surface area contributed by atoms with E-state index in [2.05, 4.69) is 27.4 Å². The number of aromatic amines is 1. The monoisotopic (exact) mass is 201 g/mol. The molecule has 0 saturated carbocycles. The third-order valence-electron chi connectivity index (χ3n) is 2.46. The zero-order valence-electron chi connectivity index (χ0n) is 9.26. The number of hydrogen-bond donors (Lipinski definition) is 2. The molecule has 2 rings (SSSR count). The molecule has 0 unspecified atom stereocenters. The van der Waals surface area contributed by atoms with Gasteiger partial charge in [0, 0.05) is 12.7 Å². The van der Waals surface area contributed by atoms with Gasteiger partial charge in [0.1, 0.15) is 0 Å². The van der Waals surface area contributed by atoms with E-state index in [1.54, 1.807) is 0 Å². The summed E-state index contributed by atoms with van der Waals surface area (Å²) in [5.41, 5.74) is 5.30. The molecule has 0 fully saturated rings. The predicted octanol–water partition coefficient (Wildman–Crippen LogP) is 2.74. The van der Waals surface area contributed by atoms with Crippen LogP contribution in [0.15, 0.2) is 24.3 Å². The highest BCUT2D eigenvalue weighted by Gasteiger charge is 2.03. The van der Waals surface area contributed by atoms with Gasteiger partial charge < -0.3 is 10.3 Å². The van der Waals surface area contributed by atoms with Crippen LogP contribution in [-0.4, -0.2) is 17.0 Å². The van der Waals surface area contributed by atoms with Gasteiger partial charge in [-0.1, -0.05) is 0 Å². The molecular weight excluding hydrogens is 186 g/mol. The zero-order valence-corrected chi connectivity index (χ0v) is 9.26. The van der Waals surface area contributed by atoms with Crippen LogP contribution >= 0.6 is 0 Å². The van der Waals surface area contributed by atoms with Crippen molar-refractivity contribution < 1.29 is 0 Å². The third kappa shape index (κ3) is 1.86. The fourth-order valence-corrected chi connectivity index (χ4v) is 1.63. The number of nitrogens with zero attached hydrogens (tertiary/aromatic N) is 1. The Morgan fingerprint density at radius 3 is 2.47 bits per heavy atom. The first-order valence-electron chi connectivity index (χ1n) is 5.02. The van der Waals surface area contributed by atoms with Gasteiger partial charge in [-0.25, -0.2) is 4.98 Å². The van der Waals surface area contributed by atoms with Crippen LogP contribution in [0.25, 0.3) is 11.4 Å². The van der Waals surface area contributed by atoms with Gasteiger partial charge in [-0.05, 0) is 38.1 Å². The van der Waals surface area contributed by atoms with E-state index >= 15 is 0 Å². The molecule has 0 aliphatic heterocycles. The molecule has 78 valence electrons. The molecule has 0 atom stereocenters. The second-order valence-electron chi connectivity index (χ2n) is 3.63. The summed E-state index contributed by atoms with van der Waals surface area (Å²) in [7, 11) is 1.91. The van der Waals surface area contributed by atoms with E-state index in [-0.39, 0.29) is 0 Å². The number of nitrogens with one attached hydrogen (secondary N) is 2. The minimum absolute atomic E-state index is 0.986. The maximum atomic E-state index is 4.53. The van der Waals surface area contributed by atoms with Gasteiger partial charge in [-0.2, -0.15) is 0 Å². The van der Waals surface area contributed by atoms with E-state index < -0.39 is 0 Å². The summed E-state index contributed by atoms with van der Waals surface area (Å²) in [6, 6.07) is 8.17. The molecular formula is C12H15N3. The Morgan fingerprint density at radius 1 is 1.13 bits per heavy atom. The molecule has 0 bridgehead atoms. The Hall–Kier alpha value is -1.77. The summed E-state index contributed by atoms with van der Waals surface area (Å²) < 4.78 is 0. The Bertz CT molecular complexity index is 471. The third-order valence-corrected chi connectivity index (χ3v) is 2.46. The lowest BCUT2D eigenvalue weighted by molar-refractivity contribution is 1.17. The Labute approximate surface area is 89.6 Å². The van der Waals surface area contributed by atoms with Crippen LogP contribution in [0.1, 0.15) is 11.4 Å². The van der Waals surface area contributed by atoms with Gasteiger partial charge in [0.05, 0.1) is 22.8 Å². The van der Waals surface area contributed by atoms with E-state index in [0.29, 0.717) is 0 Å². The van der Waals surface area contributed by atoms with Crippen LogP contribution < -0.4 is 5.32 Å². The standard InChI is InChI=1S/C12H15N3/c1-8-4-5-11(14-8)12-7-6-10(13-3)9(2)15-12/h4-7,13-14H,1-3H3. The van der Waals surface area contributed by atoms with Gasteiger partial charge >= 0.3 is 0 Å². The lowest BCUT2D eigenvalue weighted by Gasteiger charge is -2.05. The van der Waals surface area contributed by atoms with Crippen molar-refractivity contribution in [2.45, 2.75) is 13.8 Å². The highest BCUT2D eigenvalue weighted by Crippen LogP contribution is 2.20. The topological polar surface area (TPSA) is 40.7 Å². The van der Waals surface area contributed by atoms with Crippen molar-refractivity contribution in [3.8, 4) is 11.4 Å². The van der Waals surface area contributed by atoms with Crippen molar-refractivity contribution in [3.05, 3.63) is 35.7 Å². The summed E-state index contributed by atoms with van der Waals surface area (Å²) in [6.07, 6.45) is 0. The van der Waals surface area contributed by atoms with Crippen LogP contribution in [0.3, 0.4) is 0 Å². The molecule has 0 aliphatic rings. The molecule has 0 amide bonds. The summed E-state index contributed by atoms with van der Waals surface area (Å²) in [5.74, 6) is 0. The summed E-state index contributed by atoms with van der Waals surface area (Å²) in [4.78, 5) is 7.81. The molecule has 15 heavy (non-hydrogen) atoms. The van der Waals surface area contributed by atoms with Crippen molar-refractivity contribution in [1.29, 1.82) is 0 Å². The second kappa shape index (κ2) is 3.77. The van der Waals surface area contributed by atoms with E-state index in [9.17, 15) is 0 Å². The smallest absolute Gasteiger partial charge is 0.0869 e. The fraction of sp³-hybridized carbons (Fsp3) is 0.250. The van der Waals surface area contributed by atoms with Crippen molar-refractivity contribution in [2.24, 2.45) is 0 Å². The number of rotatable bonds is 2. The number of aryl methyl sites for hydroxylation is 2. The maximum absolute atomic E-state index is 4.53. The quantitative estimate of drug-likeness (QED) is 0.784. The van der Waals surface area contributed by atoms with Gasteiger partial charge in [-0.15, -0.1) is 0 Å². The van der Waals surface area contributed by atoms with E-state index in [4.69, 9.17) is 0 Å². The van der Waals surface area contributed by atoms with Crippen molar-refractivity contribution in [1.82, 2.24) is 9.97 Å². The predicted molar refractivity (Wildman–Crippen MR) is 63.0 cm³/mol. The van der Waals surface area contributed by atoms with Crippen LogP contribution in [-0.2, 0) is 0 Å². The number of H-pyrrole nitrogens is 1. The highest BCUT2D eigenvalue weighted by atomic mass is 14.9. The molecule has 2 N–H and O–H groups in total. The fourth-order valence-electron chi connectivity index (χ4n) is 1.63. The van der Waals surface area contributed by atoms with E-state index in [1.165, 1.54) is 0 Å². The van der Waals surface area contributed by atoms with Gasteiger partial charge in [-0.3, -0.25) is 0 Å². The summed E-state index contributed by atoms with van der Waals surface area (Å²) >= 11 is 0. The highest BCUT2D eigenvalue weighted by molar-refractivity contribution is 5.60. The van der Waals surface area contributed by atoms with Crippen molar-refractivity contribution in [2.75, 3.05) is 12.4 Å². The molecule has 0 saturated heterocycles. The largest absolute Gasteiger partial charge is 0.387 e. The minimum atomic E-state index is 0.986. The van der Waals surface area contributed by atoms with Crippen LogP contribution in [0, 0.1) is 13.8 Å². The molecule has 3 heteroatoms. The molecule has 2 aromatic rings. The Balaban J connectivity index is 2.42. The van der Waals surface area contributed by atoms with Crippen molar-refractivity contribution >= 4 is 5.69 Å². The lowest BCUT2D eigenvalue weighted by atomic mass is 10.2. The van der Waals surface area contributed by atoms with Gasteiger partial charge in [0.25, 0.3) is 0 Å². The molecule has 0 aliphatic carbocycles. The zero-order chi connectivity index (χ0) is 10.8. The first kappa shape index (κ1) is 9.77. The normalized spacial score (nSPS) is 10.3. The van der Waals surface area contributed by atoms with Crippen LogP contribution in [0.4, 0.5) is 5.69 Å². The number of hydrogen-bond acceptors (Lipinski definition) is 2. The molecule has 3 nitrogen and oxygen atoms in total. The van der Waals surface area contributed by atoms with Crippen molar-refractivity contribution in [3.63, 3.8) is 0 Å². The SMILES string of the molecule is CNc1ccc(-c2ccc(C)[nH]2)nc1C. The second-order valence-corrected chi connectivity index (χ2v) is 3.63. The van der Waals surface area contributed by atoms with Gasteiger partial charge in [0.2, 0.25) is 0 Å². The first-order chi connectivity index (χ1) is 7.20. The molecule has 0 spiro atoms. The first-order valence-corrected chi connectivity index (χ1v) is 5.02.